The molecular formula is C11H20N4. The van der Waals surface area contributed by atoms with Crippen LogP contribution in [-0.4, -0.2) is 40.1 Å². The second kappa shape index (κ2) is 4.77. The number of aryl methyl sites for hydroxylation is 1. The van der Waals surface area contributed by atoms with E-state index in [0.717, 1.165) is 32.7 Å². The van der Waals surface area contributed by atoms with Crippen molar-refractivity contribution in [1.82, 2.24) is 19.8 Å². The molecular weight excluding hydrogens is 188 g/mol. The van der Waals surface area contributed by atoms with Crippen LogP contribution in [0.5, 0.6) is 0 Å². The summed E-state index contributed by atoms with van der Waals surface area (Å²) in [5.41, 5.74) is 0. The molecule has 0 bridgehead atoms. The van der Waals surface area contributed by atoms with Crippen LogP contribution in [0.4, 0.5) is 0 Å². The van der Waals surface area contributed by atoms with Crippen molar-refractivity contribution in [3.8, 4) is 0 Å². The number of aromatic nitrogens is 2. The molecule has 1 aromatic heterocycles. The number of piperazine rings is 1. The molecule has 0 saturated carbocycles. The highest BCUT2D eigenvalue weighted by molar-refractivity contribution is 4.93. The van der Waals surface area contributed by atoms with Crippen LogP contribution in [0.15, 0.2) is 12.4 Å². The Morgan fingerprint density at radius 3 is 3.20 bits per heavy atom. The standard InChI is InChI=1S/C11H20N4/c1-3-15-7-5-13-11(15)9-14-6-4-12-10(2)8-14/h5,7,10,12H,3-4,6,8-9H2,1-2H3/t10-/m1/s1. The van der Waals surface area contributed by atoms with Crippen molar-refractivity contribution in [3.05, 3.63) is 18.2 Å². The number of hydrogen-bond donors (Lipinski definition) is 1. The second-order valence-electron chi connectivity index (χ2n) is 4.22. The maximum absolute atomic E-state index is 4.41. The highest BCUT2D eigenvalue weighted by Gasteiger charge is 2.16. The fourth-order valence-electron chi connectivity index (χ4n) is 2.14. The minimum atomic E-state index is 0.601. The van der Waals surface area contributed by atoms with Gasteiger partial charge in [-0.1, -0.05) is 0 Å². The molecule has 0 aliphatic carbocycles. The lowest BCUT2D eigenvalue weighted by atomic mass is 10.2. The van der Waals surface area contributed by atoms with Crippen molar-refractivity contribution in [2.24, 2.45) is 0 Å². The van der Waals surface area contributed by atoms with Gasteiger partial charge in [-0.3, -0.25) is 4.90 Å². The summed E-state index contributed by atoms with van der Waals surface area (Å²) in [6.07, 6.45) is 3.95. The first-order chi connectivity index (χ1) is 7.29. The van der Waals surface area contributed by atoms with E-state index in [0.29, 0.717) is 6.04 Å². The lowest BCUT2D eigenvalue weighted by molar-refractivity contribution is 0.193. The Kier molecular flexibility index (Phi) is 3.38. The van der Waals surface area contributed by atoms with Gasteiger partial charge in [0.15, 0.2) is 0 Å². The number of hydrogen-bond acceptors (Lipinski definition) is 3. The predicted octanol–water partition coefficient (Wildman–Crippen LogP) is 0.697. The predicted molar refractivity (Wildman–Crippen MR) is 60.6 cm³/mol. The van der Waals surface area contributed by atoms with Gasteiger partial charge in [-0.25, -0.2) is 4.98 Å². The van der Waals surface area contributed by atoms with Gasteiger partial charge in [0.05, 0.1) is 6.54 Å². The topological polar surface area (TPSA) is 33.1 Å². The number of nitrogens with one attached hydrogen (secondary N) is 1. The maximum Gasteiger partial charge on any atom is 0.122 e. The third-order valence-electron chi connectivity index (χ3n) is 2.96. The van der Waals surface area contributed by atoms with E-state index >= 15 is 0 Å². The van der Waals surface area contributed by atoms with Crippen molar-refractivity contribution in [2.75, 3.05) is 19.6 Å². The molecule has 1 fully saturated rings. The molecule has 2 rings (SSSR count). The molecule has 1 aliphatic heterocycles. The van der Waals surface area contributed by atoms with Gasteiger partial charge in [-0.2, -0.15) is 0 Å². The Hall–Kier alpha value is -0.870. The molecule has 0 unspecified atom stereocenters. The van der Waals surface area contributed by atoms with Crippen LogP contribution in [0, 0.1) is 0 Å². The SMILES string of the molecule is CCn1ccnc1CN1CCN[C@H](C)C1. The van der Waals surface area contributed by atoms with E-state index in [1.54, 1.807) is 0 Å². The molecule has 0 aromatic carbocycles. The van der Waals surface area contributed by atoms with Gasteiger partial charge in [0.25, 0.3) is 0 Å². The molecule has 4 heteroatoms. The first-order valence-corrected chi connectivity index (χ1v) is 5.75. The minimum Gasteiger partial charge on any atom is -0.334 e. The molecule has 1 aromatic rings. The second-order valence-corrected chi connectivity index (χ2v) is 4.22. The van der Waals surface area contributed by atoms with Crippen LogP contribution in [0.1, 0.15) is 19.7 Å². The van der Waals surface area contributed by atoms with Crippen molar-refractivity contribution in [3.63, 3.8) is 0 Å². The first kappa shape index (κ1) is 10.6. The molecule has 1 N–H and O–H groups in total. The van der Waals surface area contributed by atoms with E-state index in [2.05, 4.69) is 39.8 Å². The largest absolute Gasteiger partial charge is 0.334 e. The lowest BCUT2D eigenvalue weighted by Gasteiger charge is -2.31. The van der Waals surface area contributed by atoms with Crippen LogP contribution in [-0.2, 0) is 13.1 Å². The third kappa shape index (κ3) is 2.58. The van der Waals surface area contributed by atoms with Crippen molar-refractivity contribution >= 4 is 0 Å². The summed E-state index contributed by atoms with van der Waals surface area (Å²) in [7, 11) is 0. The maximum atomic E-state index is 4.41. The highest BCUT2D eigenvalue weighted by atomic mass is 15.2. The van der Waals surface area contributed by atoms with Gasteiger partial charge in [0.2, 0.25) is 0 Å². The number of rotatable bonds is 3. The highest BCUT2D eigenvalue weighted by Crippen LogP contribution is 2.06. The van der Waals surface area contributed by atoms with Crippen LogP contribution < -0.4 is 5.32 Å². The van der Waals surface area contributed by atoms with E-state index in [1.807, 2.05) is 6.20 Å². The van der Waals surface area contributed by atoms with Crippen LogP contribution in [0.3, 0.4) is 0 Å². The summed E-state index contributed by atoms with van der Waals surface area (Å²) in [5, 5.41) is 3.45. The summed E-state index contributed by atoms with van der Waals surface area (Å²) in [6, 6.07) is 0.601. The van der Waals surface area contributed by atoms with Gasteiger partial charge in [0, 0.05) is 44.6 Å². The monoisotopic (exact) mass is 208 g/mol. The van der Waals surface area contributed by atoms with Gasteiger partial charge in [-0.05, 0) is 13.8 Å². The quantitative estimate of drug-likeness (QED) is 0.793. The smallest absolute Gasteiger partial charge is 0.122 e. The molecule has 15 heavy (non-hydrogen) atoms. The van der Waals surface area contributed by atoms with E-state index in [1.165, 1.54) is 5.82 Å². The van der Waals surface area contributed by atoms with Gasteiger partial charge in [0.1, 0.15) is 5.82 Å². The zero-order valence-electron chi connectivity index (χ0n) is 9.61. The molecule has 0 amide bonds. The zero-order chi connectivity index (χ0) is 10.7. The van der Waals surface area contributed by atoms with Crippen LogP contribution >= 0.6 is 0 Å². The molecule has 2 heterocycles. The summed E-state index contributed by atoms with van der Waals surface area (Å²) in [5.74, 6) is 1.19. The zero-order valence-corrected chi connectivity index (χ0v) is 9.61. The Bertz CT molecular complexity index is 307. The lowest BCUT2D eigenvalue weighted by Crippen LogP contribution is -2.48. The van der Waals surface area contributed by atoms with E-state index < -0.39 is 0 Å². The molecule has 1 atom stereocenters. The fourth-order valence-corrected chi connectivity index (χ4v) is 2.14. The van der Waals surface area contributed by atoms with E-state index in [9.17, 15) is 0 Å². The molecule has 1 aliphatic rings. The number of imidazole rings is 1. The molecule has 0 spiro atoms. The molecule has 0 radical (unpaired) electrons. The Morgan fingerprint density at radius 1 is 1.60 bits per heavy atom. The summed E-state index contributed by atoms with van der Waals surface area (Å²) < 4.78 is 2.21. The summed E-state index contributed by atoms with van der Waals surface area (Å²) in [6.45, 7) is 9.72. The Balaban J connectivity index is 1.96. The van der Waals surface area contributed by atoms with Gasteiger partial charge in [-0.15, -0.1) is 0 Å². The molecule has 4 nitrogen and oxygen atoms in total. The van der Waals surface area contributed by atoms with Gasteiger partial charge < -0.3 is 9.88 Å². The normalized spacial score (nSPS) is 23.2. The third-order valence-corrected chi connectivity index (χ3v) is 2.96. The Labute approximate surface area is 91.3 Å². The van der Waals surface area contributed by atoms with Crippen molar-refractivity contribution < 1.29 is 0 Å². The minimum absolute atomic E-state index is 0.601. The van der Waals surface area contributed by atoms with Gasteiger partial charge >= 0.3 is 0 Å². The number of nitrogens with zero attached hydrogens (tertiary/aromatic N) is 3. The van der Waals surface area contributed by atoms with Crippen molar-refractivity contribution in [2.45, 2.75) is 33.0 Å². The first-order valence-electron chi connectivity index (χ1n) is 5.75. The van der Waals surface area contributed by atoms with Crippen LogP contribution in [0.2, 0.25) is 0 Å². The van der Waals surface area contributed by atoms with Crippen LogP contribution in [0.25, 0.3) is 0 Å². The summed E-state index contributed by atoms with van der Waals surface area (Å²) >= 11 is 0. The molecule has 1 saturated heterocycles. The van der Waals surface area contributed by atoms with E-state index in [4.69, 9.17) is 0 Å². The van der Waals surface area contributed by atoms with Crippen molar-refractivity contribution in [1.29, 1.82) is 0 Å². The fraction of sp³-hybridized carbons (Fsp3) is 0.727. The molecule has 84 valence electrons. The van der Waals surface area contributed by atoms with E-state index in [-0.39, 0.29) is 0 Å². The summed E-state index contributed by atoms with van der Waals surface area (Å²) in [4.78, 5) is 6.87. The Morgan fingerprint density at radius 2 is 2.47 bits per heavy atom. The average molecular weight is 208 g/mol. The average Bonchev–Trinajstić information content (AvgIpc) is 2.65.